The number of hydrogen-bond donors (Lipinski definition) is 0. The van der Waals surface area contributed by atoms with Crippen LogP contribution in [0.3, 0.4) is 0 Å². The first-order chi connectivity index (χ1) is 14.4. The number of carbonyl (C=O) groups is 1. The molecule has 1 aliphatic rings. The molecule has 1 fully saturated rings. The average molecular weight is 430 g/mol. The summed E-state index contributed by atoms with van der Waals surface area (Å²) in [4.78, 5) is 23.0. The van der Waals surface area contributed by atoms with Crippen LogP contribution in [0.2, 0.25) is 0 Å². The monoisotopic (exact) mass is 429 g/mol. The number of fused-ring (bicyclic) bond motifs is 1. The molecule has 0 saturated carbocycles. The Bertz CT molecular complexity index is 1170. The number of carbonyl (C=O) groups excluding carboxylic acids is 1. The fraction of sp³-hybridized carbons (Fsp3) is 0.400. The number of sulfone groups is 1. The maximum Gasteiger partial charge on any atom is 0.252 e. The van der Waals surface area contributed by atoms with E-state index in [1.165, 1.54) is 17.0 Å². The molecule has 0 bridgehead atoms. The van der Waals surface area contributed by atoms with E-state index in [1.807, 2.05) is 24.3 Å². The Balaban J connectivity index is 1.59. The summed E-state index contributed by atoms with van der Waals surface area (Å²) in [5.74, 6) is 0.927. The fourth-order valence-electron chi connectivity index (χ4n) is 3.90. The van der Waals surface area contributed by atoms with E-state index in [2.05, 4.69) is 15.1 Å². The third-order valence-corrected chi connectivity index (χ3v) is 6.50. The number of nitrogens with zero attached hydrogens (tertiary/aromatic N) is 5. The summed E-state index contributed by atoms with van der Waals surface area (Å²) in [6.45, 7) is 1.07. The van der Waals surface area contributed by atoms with Crippen molar-refractivity contribution >= 4 is 21.5 Å². The van der Waals surface area contributed by atoms with Gasteiger partial charge in [0.15, 0.2) is 9.84 Å². The van der Waals surface area contributed by atoms with Gasteiger partial charge in [0.2, 0.25) is 5.91 Å². The Kier molecular flexibility index (Phi) is 5.42. The molecular weight excluding hydrogens is 406 g/mol. The van der Waals surface area contributed by atoms with Crippen LogP contribution in [0.25, 0.3) is 5.78 Å². The zero-order chi connectivity index (χ0) is 21.3. The lowest BCUT2D eigenvalue weighted by atomic mass is 9.94. The maximum atomic E-state index is 12.9. The zero-order valence-corrected chi connectivity index (χ0v) is 17.7. The molecule has 158 valence electrons. The van der Waals surface area contributed by atoms with Crippen LogP contribution in [-0.2, 0) is 21.1 Å². The minimum Gasteiger partial charge on any atom is -0.497 e. The second kappa shape index (κ2) is 8.02. The SMILES string of the molecule is COc1ccc(CC(=O)N2CCCC(c3c(S(C)(=O)=O)cnc4ncnn34)C2)cc1. The lowest BCUT2D eigenvalue weighted by Crippen LogP contribution is -2.40. The molecule has 0 spiro atoms. The van der Waals surface area contributed by atoms with Gasteiger partial charge in [-0.05, 0) is 30.5 Å². The smallest absolute Gasteiger partial charge is 0.252 e. The molecule has 10 heteroatoms. The first-order valence-corrected chi connectivity index (χ1v) is 11.6. The summed E-state index contributed by atoms with van der Waals surface area (Å²) in [6.07, 6.45) is 5.67. The topological polar surface area (TPSA) is 107 Å². The molecule has 1 unspecified atom stereocenters. The summed E-state index contributed by atoms with van der Waals surface area (Å²) >= 11 is 0. The predicted molar refractivity (Wildman–Crippen MR) is 109 cm³/mol. The molecule has 3 aromatic rings. The summed E-state index contributed by atoms with van der Waals surface area (Å²) in [5, 5.41) is 4.19. The Hall–Kier alpha value is -3.01. The summed E-state index contributed by atoms with van der Waals surface area (Å²) < 4.78 is 31.4. The van der Waals surface area contributed by atoms with Crippen molar-refractivity contribution in [2.75, 3.05) is 26.5 Å². The van der Waals surface area contributed by atoms with Crippen molar-refractivity contribution < 1.29 is 17.9 Å². The van der Waals surface area contributed by atoms with E-state index >= 15 is 0 Å². The number of amides is 1. The highest BCUT2D eigenvalue weighted by molar-refractivity contribution is 7.90. The molecule has 3 heterocycles. The number of aromatic nitrogens is 4. The van der Waals surface area contributed by atoms with E-state index in [1.54, 1.807) is 12.0 Å². The number of hydrogen-bond acceptors (Lipinski definition) is 7. The van der Waals surface area contributed by atoms with Crippen molar-refractivity contribution in [3.05, 3.63) is 48.0 Å². The number of benzene rings is 1. The summed E-state index contributed by atoms with van der Waals surface area (Å²) in [7, 11) is -1.91. The summed E-state index contributed by atoms with van der Waals surface area (Å²) in [6, 6.07) is 7.42. The largest absolute Gasteiger partial charge is 0.497 e. The van der Waals surface area contributed by atoms with Gasteiger partial charge >= 0.3 is 0 Å². The van der Waals surface area contributed by atoms with Gasteiger partial charge in [-0.1, -0.05) is 12.1 Å². The lowest BCUT2D eigenvalue weighted by molar-refractivity contribution is -0.131. The Morgan fingerprint density at radius 1 is 1.23 bits per heavy atom. The molecule has 0 radical (unpaired) electrons. The molecule has 4 rings (SSSR count). The normalized spacial score (nSPS) is 17.3. The van der Waals surface area contributed by atoms with E-state index in [0.717, 1.165) is 30.4 Å². The first kappa shape index (κ1) is 20.3. The highest BCUT2D eigenvalue weighted by Crippen LogP contribution is 2.31. The third kappa shape index (κ3) is 4.00. The average Bonchev–Trinajstić information content (AvgIpc) is 3.22. The van der Waals surface area contributed by atoms with Gasteiger partial charge in [-0.2, -0.15) is 14.6 Å². The van der Waals surface area contributed by atoms with Crippen molar-refractivity contribution in [2.24, 2.45) is 0 Å². The van der Waals surface area contributed by atoms with E-state index in [4.69, 9.17) is 4.74 Å². The van der Waals surface area contributed by atoms with Gasteiger partial charge in [0.1, 0.15) is 17.0 Å². The number of rotatable bonds is 5. The van der Waals surface area contributed by atoms with Gasteiger partial charge in [0.05, 0.1) is 25.4 Å². The fourth-order valence-corrected chi connectivity index (χ4v) is 4.77. The van der Waals surface area contributed by atoms with Gasteiger partial charge in [-0.15, -0.1) is 0 Å². The van der Waals surface area contributed by atoms with Crippen LogP contribution in [0.5, 0.6) is 5.75 Å². The van der Waals surface area contributed by atoms with Gasteiger partial charge in [0, 0.05) is 25.3 Å². The van der Waals surface area contributed by atoms with E-state index in [-0.39, 0.29) is 23.1 Å². The van der Waals surface area contributed by atoms with E-state index in [0.29, 0.717) is 24.6 Å². The second-order valence-electron chi connectivity index (χ2n) is 7.46. The Morgan fingerprint density at radius 2 is 2.00 bits per heavy atom. The van der Waals surface area contributed by atoms with Crippen LogP contribution in [0, 0.1) is 0 Å². The molecular formula is C20H23N5O4S. The molecule has 1 saturated heterocycles. The number of likely N-dealkylation sites (tertiary alicyclic amines) is 1. The van der Waals surface area contributed by atoms with Crippen molar-refractivity contribution in [2.45, 2.75) is 30.1 Å². The molecule has 30 heavy (non-hydrogen) atoms. The highest BCUT2D eigenvalue weighted by Gasteiger charge is 2.31. The van der Waals surface area contributed by atoms with Crippen molar-refractivity contribution in [1.82, 2.24) is 24.5 Å². The molecule has 0 aliphatic carbocycles. The standard InChI is InChI=1S/C20H23N5O4S/c1-29-16-7-5-14(6-8-16)10-18(26)24-9-3-4-15(12-24)19-17(30(2,27)28)11-21-20-22-13-23-25(19)20/h5-8,11,13,15H,3-4,9-10,12H2,1-2H3. The van der Waals surface area contributed by atoms with Crippen LogP contribution in [0.1, 0.15) is 30.0 Å². The van der Waals surface area contributed by atoms with E-state index < -0.39 is 9.84 Å². The first-order valence-electron chi connectivity index (χ1n) is 9.66. The predicted octanol–water partition coefficient (Wildman–Crippen LogP) is 1.49. The van der Waals surface area contributed by atoms with Crippen LogP contribution in [0.4, 0.5) is 0 Å². The second-order valence-corrected chi connectivity index (χ2v) is 9.44. The Labute approximate surface area is 174 Å². The van der Waals surface area contributed by atoms with Crippen LogP contribution in [-0.4, -0.2) is 65.3 Å². The van der Waals surface area contributed by atoms with Gasteiger partial charge in [-0.3, -0.25) is 4.79 Å². The summed E-state index contributed by atoms with van der Waals surface area (Å²) in [5.41, 5.74) is 1.45. The number of ether oxygens (including phenoxy) is 1. The van der Waals surface area contributed by atoms with Crippen molar-refractivity contribution in [3.63, 3.8) is 0 Å². The van der Waals surface area contributed by atoms with Crippen molar-refractivity contribution in [1.29, 1.82) is 0 Å². The van der Waals surface area contributed by atoms with E-state index in [9.17, 15) is 13.2 Å². The zero-order valence-electron chi connectivity index (χ0n) is 16.9. The molecule has 9 nitrogen and oxygen atoms in total. The van der Waals surface area contributed by atoms with Crippen LogP contribution >= 0.6 is 0 Å². The minimum atomic E-state index is -3.51. The molecule has 2 aromatic heterocycles. The van der Waals surface area contributed by atoms with Gasteiger partial charge in [-0.25, -0.2) is 13.4 Å². The molecule has 1 amide bonds. The molecule has 1 aromatic carbocycles. The maximum absolute atomic E-state index is 12.9. The highest BCUT2D eigenvalue weighted by atomic mass is 32.2. The number of piperidine rings is 1. The van der Waals surface area contributed by atoms with Gasteiger partial charge < -0.3 is 9.64 Å². The third-order valence-electron chi connectivity index (χ3n) is 5.38. The molecule has 1 atom stereocenters. The Morgan fingerprint density at radius 3 is 2.70 bits per heavy atom. The molecule has 0 N–H and O–H groups in total. The van der Waals surface area contributed by atoms with Crippen molar-refractivity contribution in [3.8, 4) is 5.75 Å². The molecule has 1 aliphatic heterocycles. The van der Waals surface area contributed by atoms with Crippen LogP contribution in [0.15, 0.2) is 41.7 Å². The minimum absolute atomic E-state index is 0.00895. The van der Waals surface area contributed by atoms with Gasteiger partial charge in [0.25, 0.3) is 5.78 Å². The van der Waals surface area contributed by atoms with Crippen LogP contribution < -0.4 is 4.74 Å². The number of methoxy groups -OCH3 is 1. The quantitative estimate of drug-likeness (QED) is 0.605. The lowest BCUT2D eigenvalue weighted by Gasteiger charge is -2.33.